The molecule has 0 bridgehead atoms. The summed E-state index contributed by atoms with van der Waals surface area (Å²) < 4.78 is 14.7. The minimum Gasteiger partial charge on any atom is -0.357 e. The molecule has 1 aromatic carbocycles. The number of anilines is 1. The monoisotopic (exact) mass is 393 g/mol. The van der Waals surface area contributed by atoms with Crippen molar-refractivity contribution in [2.45, 2.75) is 12.8 Å². The van der Waals surface area contributed by atoms with Crippen molar-refractivity contribution < 1.29 is 9.18 Å². The predicted octanol–water partition coefficient (Wildman–Crippen LogP) is 3.27. The Morgan fingerprint density at radius 2 is 1.93 bits per heavy atom. The van der Waals surface area contributed by atoms with Crippen LogP contribution in [0, 0.1) is 11.7 Å². The van der Waals surface area contributed by atoms with Gasteiger partial charge in [0.15, 0.2) is 0 Å². The fraction of sp³-hybridized carbons (Fsp3) is 0.318. The second-order valence-electron chi connectivity index (χ2n) is 7.37. The van der Waals surface area contributed by atoms with Crippen LogP contribution in [0.3, 0.4) is 0 Å². The van der Waals surface area contributed by atoms with Crippen LogP contribution in [0.4, 0.5) is 10.2 Å². The Morgan fingerprint density at radius 1 is 1.17 bits per heavy atom. The molecular formula is C22H24FN5O. The van der Waals surface area contributed by atoms with Crippen LogP contribution >= 0.6 is 0 Å². The van der Waals surface area contributed by atoms with E-state index in [0.29, 0.717) is 23.9 Å². The number of nitrogens with one attached hydrogen (secondary N) is 1. The fourth-order valence-corrected chi connectivity index (χ4v) is 3.68. The van der Waals surface area contributed by atoms with Gasteiger partial charge in [0.1, 0.15) is 17.3 Å². The van der Waals surface area contributed by atoms with E-state index in [9.17, 15) is 9.18 Å². The van der Waals surface area contributed by atoms with Crippen LogP contribution in [-0.4, -0.2) is 40.3 Å². The third-order valence-electron chi connectivity index (χ3n) is 5.39. The number of benzene rings is 1. The number of carbonyl (C=O) groups excluding carboxylic acids is 1. The van der Waals surface area contributed by atoms with E-state index < -0.39 is 0 Å². The number of halogens is 1. The lowest BCUT2D eigenvalue weighted by atomic mass is 9.96. The third kappa shape index (κ3) is 4.45. The molecule has 2 aromatic heterocycles. The number of nitrogens with zero attached hydrogens (tertiary/aromatic N) is 4. The predicted molar refractivity (Wildman–Crippen MR) is 110 cm³/mol. The lowest BCUT2D eigenvalue weighted by molar-refractivity contribution is 0.0935. The summed E-state index contributed by atoms with van der Waals surface area (Å²) in [6.45, 7) is 2.53. The van der Waals surface area contributed by atoms with Crippen molar-refractivity contribution in [3.8, 4) is 11.3 Å². The normalized spacial score (nSPS) is 14.8. The zero-order chi connectivity index (χ0) is 20.2. The van der Waals surface area contributed by atoms with Gasteiger partial charge in [-0.3, -0.25) is 9.48 Å². The lowest BCUT2D eigenvalue weighted by Gasteiger charge is -2.32. The molecular weight excluding hydrogens is 369 g/mol. The number of piperidine rings is 1. The molecule has 1 N–H and O–H groups in total. The van der Waals surface area contributed by atoms with Gasteiger partial charge in [0, 0.05) is 38.4 Å². The maximum atomic E-state index is 13.1. The van der Waals surface area contributed by atoms with Gasteiger partial charge in [0.25, 0.3) is 5.91 Å². The molecule has 0 saturated carbocycles. The molecule has 3 heterocycles. The maximum absolute atomic E-state index is 13.1. The van der Waals surface area contributed by atoms with Crippen LogP contribution in [0.5, 0.6) is 0 Å². The van der Waals surface area contributed by atoms with E-state index in [2.05, 4.69) is 20.3 Å². The van der Waals surface area contributed by atoms with Gasteiger partial charge in [-0.2, -0.15) is 5.10 Å². The molecule has 0 atom stereocenters. The number of carbonyl (C=O) groups is 1. The highest BCUT2D eigenvalue weighted by molar-refractivity contribution is 5.93. The largest absolute Gasteiger partial charge is 0.357 e. The van der Waals surface area contributed by atoms with E-state index in [1.54, 1.807) is 29.9 Å². The van der Waals surface area contributed by atoms with Crippen LogP contribution in [0.25, 0.3) is 11.3 Å². The van der Waals surface area contributed by atoms with Gasteiger partial charge >= 0.3 is 0 Å². The highest BCUT2D eigenvalue weighted by Gasteiger charge is 2.21. The average Bonchev–Trinajstić information content (AvgIpc) is 3.15. The van der Waals surface area contributed by atoms with Crippen LogP contribution in [0.15, 0.2) is 54.7 Å². The Bertz CT molecular complexity index is 963. The molecule has 7 heteroatoms. The van der Waals surface area contributed by atoms with Gasteiger partial charge in [-0.15, -0.1) is 0 Å². The number of hydrogen-bond donors (Lipinski definition) is 1. The Morgan fingerprint density at radius 3 is 2.62 bits per heavy atom. The summed E-state index contributed by atoms with van der Waals surface area (Å²) in [7, 11) is 1.74. The zero-order valence-electron chi connectivity index (χ0n) is 16.4. The van der Waals surface area contributed by atoms with Gasteiger partial charge in [-0.1, -0.05) is 6.07 Å². The van der Waals surface area contributed by atoms with Crippen LogP contribution in [0.1, 0.15) is 23.3 Å². The smallest absolute Gasteiger partial charge is 0.269 e. The van der Waals surface area contributed by atoms with Gasteiger partial charge in [-0.05, 0) is 61.2 Å². The first-order chi connectivity index (χ1) is 14.1. The van der Waals surface area contributed by atoms with E-state index in [-0.39, 0.29) is 11.7 Å². The van der Waals surface area contributed by atoms with E-state index in [0.717, 1.165) is 37.3 Å². The van der Waals surface area contributed by atoms with E-state index in [1.807, 2.05) is 24.4 Å². The molecule has 4 rings (SSSR count). The molecule has 3 aromatic rings. The van der Waals surface area contributed by atoms with Crippen molar-refractivity contribution in [2.75, 3.05) is 24.5 Å². The molecule has 0 unspecified atom stereocenters. The highest BCUT2D eigenvalue weighted by atomic mass is 19.1. The van der Waals surface area contributed by atoms with Crippen LogP contribution < -0.4 is 10.2 Å². The number of pyridine rings is 1. The molecule has 1 amide bonds. The Hall–Kier alpha value is -3.22. The Kier molecular flexibility index (Phi) is 5.55. The topological polar surface area (TPSA) is 63.1 Å². The van der Waals surface area contributed by atoms with Crippen molar-refractivity contribution in [3.63, 3.8) is 0 Å². The van der Waals surface area contributed by atoms with Crippen LogP contribution in [-0.2, 0) is 7.05 Å². The number of rotatable bonds is 5. The molecule has 1 saturated heterocycles. The molecule has 1 aliphatic rings. The lowest BCUT2D eigenvalue weighted by Crippen LogP contribution is -2.39. The summed E-state index contributed by atoms with van der Waals surface area (Å²) in [5, 5.41) is 7.43. The SMILES string of the molecule is Cn1nc(-c2ccc(F)cc2)cc1C(=O)NCC1CCN(c2ccccn2)CC1. The van der Waals surface area contributed by atoms with Gasteiger partial charge in [0.2, 0.25) is 0 Å². The quantitative estimate of drug-likeness (QED) is 0.723. The third-order valence-corrected chi connectivity index (χ3v) is 5.39. The first-order valence-electron chi connectivity index (χ1n) is 9.84. The summed E-state index contributed by atoms with van der Waals surface area (Å²) in [6, 6.07) is 13.8. The van der Waals surface area contributed by atoms with E-state index >= 15 is 0 Å². The molecule has 150 valence electrons. The molecule has 1 aliphatic heterocycles. The number of hydrogen-bond acceptors (Lipinski definition) is 4. The second kappa shape index (κ2) is 8.43. The molecule has 1 fully saturated rings. The van der Waals surface area contributed by atoms with Gasteiger partial charge in [0.05, 0.1) is 5.69 Å². The van der Waals surface area contributed by atoms with E-state index in [4.69, 9.17) is 0 Å². The highest BCUT2D eigenvalue weighted by Crippen LogP contribution is 2.22. The average molecular weight is 393 g/mol. The summed E-state index contributed by atoms with van der Waals surface area (Å²) in [6.07, 6.45) is 3.85. The van der Waals surface area contributed by atoms with Crippen LogP contribution in [0.2, 0.25) is 0 Å². The van der Waals surface area contributed by atoms with Crippen molar-refractivity contribution in [1.82, 2.24) is 20.1 Å². The first-order valence-corrected chi connectivity index (χ1v) is 9.84. The van der Waals surface area contributed by atoms with Crippen molar-refractivity contribution >= 4 is 11.7 Å². The number of aromatic nitrogens is 3. The van der Waals surface area contributed by atoms with E-state index in [1.165, 1.54) is 12.1 Å². The molecule has 0 radical (unpaired) electrons. The van der Waals surface area contributed by atoms with Gasteiger partial charge < -0.3 is 10.2 Å². The summed E-state index contributed by atoms with van der Waals surface area (Å²) in [5.41, 5.74) is 1.93. The van der Waals surface area contributed by atoms with Crippen molar-refractivity contribution in [2.24, 2.45) is 13.0 Å². The molecule has 6 nitrogen and oxygen atoms in total. The Labute approximate surface area is 169 Å². The minimum absolute atomic E-state index is 0.138. The Balaban J connectivity index is 1.32. The zero-order valence-corrected chi connectivity index (χ0v) is 16.4. The number of aryl methyl sites for hydroxylation is 1. The van der Waals surface area contributed by atoms with Crippen molar-refractivity contribution in [1.29, 1.82) is 0 Å². The summed E-state index contributed by atoms with van der Waals surface area (Å²) in [4.78, 5) is 19.3. The molecule has 0 aliphatic carbocycles. The maximum Gasteiger partial charge on any atom is 0.269 e. The molecule has 0 spiro atoms. The van der Waals surface area contributed by atoms with Gasteiger partial charge in [-0.25, -0.2) is 9.37 Å². The second-order valence-corrected chi connectivity index (χ2v) is 7.37. The fourth-order valence-electron chi connectivity index (χ4n) is 3.68. The summed E-state index contributed by atoms with van der Waals surface area (Å²) >= 11 is 0. The summed E-state index contributed by atoms with van der Waals surface area (Å²) in [5.74, 6) is 1.03. The minimum atomic E-state index is -0.295. The standard InChI is InChI=1S/C22H24FN5O/c1-27-20(14-19(26-27)17-5-7-18(23)8-6-17)22(29)25-15-16-9-12-28(13-10-16)21-4-2-3-11-24-21/h2-8,11,14,16H,9-10,12-13,15H2,1H3,(H,25,29). The number of amides is 1. The first kappa shape index (κ1) is 19.1. The van der Waals surface area contributed by atoms with Crippen molar-refractivity contribution in [3.05, 3.63) is 66.2 Å². The molecule has 29 heavy (non-hydrogen) atoms.